The Bertz CT molecular complexity index is 903. The van der Waals surface area contributed by atoms with Crippen LogP contribution >= 0.6 is 0 Å². The molecule has 1 aromatic heterocycles. The minimum atomic E-state index is -0.656. The molecular formula is C23H27N3O3. The van der Waals surface area contributed by atoms with Gasteiger partial charge in [-0.3, -0.25) is 14.6 Å². The third-order valence-corrected chi connectivity index (χ3v) is 5.42. The number of rotatable bonds is 7. The van der Waals surface area contributed by atoms with Gasteiger partial charge in [0.25, 0.3) is 11.7 Å². The van der Waals surface area contributed by atoms with Crippen molar-refractivity contribution >= 4 is 17.4 Å². The standard InChI is InChI=1S/C23H27N3O3/c1-4-25(5-2)13-14-26-20(18-7-6-12-24-15-18)19(22(28)23(26)29)21(27)17-10-8-16(3)9-11-17/h6-12,15,20,27H,4-5,13-14H2,1-3H3/b21-19+. The molecule has 0 spiro atoms. The summed E-state index contributed by atoms with van der Waals surface area (Å²) in [5.41, 5.74) is 2.39. The van der Waals surface area contributed by atoms with Gasteiger partial charge in [0, 0.05) is 31.0 Å². The number of amides is 1. The Hall–Kier alpha value is -2.99. The molecule has 2 heterocycles. The zero-order valence-corrected chi connectivity index (χ0v) is 17.1. The van der Waals surface area contributed by atoms with Crippen LogP contribution in [0.2, 0.25) is 0 Å². The second-order valence-electron chi connectivity index (χ2n) is 7.17. The number of carbonyl (C=O) groups excluding carboxylic acids is 2. The molecule has 0 radical (unpaired) electrons. The summed E-state index contributed by atoms with van der Waals surface area (Å²) < 4.78 is 0. The van der Waals surface area contributed by atoms with Crippen LogP contribution in [-0.4, -0.2) is 57.8 Å². The van der Waals surface area contributed by atoms with Crippen LogP contribution in [0.1, 0.15) is 36.6 Å². The molecule has 1 saturated heterocycles. The van der Waals surface area contributed by atoms with Crippen molar-refractivity contribution in [2.24, 2.45) is 0 Å². The maximum atomic E-state index is 12.9. The number of aliphatic hydroxyl groups excluding tert-OH is 1. The van der Waals surface area contributed by atoms with Gasteiger partial charge in [0.05, 0.1) is 11.6 Å². The Morgan fingerprint density at radius 2 is 1.83 bits per heavy atom. The zero-order chi connectivity index (χ0) is 21.0. The van der Waals surface area contributed by atoms with E-state index in [9.17, 15) is 14.7 Å². The van der Waals surface area contributed by atoms with Crippen molar-refractivity contribution in [1.82, 2.24) is 14.8 Å². The molecule has 1 aliphatic rings. The fraction of sp³-hybridized carbons (Fsp3) is 0.348. The summed E-state index contributed by atoms with van der Waals surface area (Å²) in [4.78, 5) is 33.7. The fourth-order valence-corrected chi connectivity index (χ4v) is 3.65. The number of aromatic nitrogens is 1. The van der Waals surface area contributed by atoms with Gasteiger partial charge in [-0.05, 0) is 31.6 Å². The van der Waals surface area contributed by atoms with Gasteiger partial charge in [-0.15, -0.1) is 0 Å². The Kier molecular flexibility index (Phi) is 6.44. The molecule has 29 heavy (non-hydrogen) atoms. The van der Waals surface area contributed by atoms with Crippen LogP contribution in [0.4, 0.5) is 0 Å². The van der Waals surface area contributed by atoms with E-state index in [1.165, 1.54) is 0 Å². The molecule has 1 amide bonds. The Balaban J connectivity index is 2.06. The predicted octanol–water partition coefficient (Wildman–Crippen LogP) is 3.15. The molecule has 6 heteroatoms. The molecule has 1 aromatic carbocycles. The molecular weight excluding hydrogens is 366 g/mol. The Morgan fingerprint density at radius 1 is 1.14 bits per heavy atom. The number of aryl methyl sites for hydroxylation is 1. The van der Waals surface area contributed by atoms with Gasteiger partial charge in [0.15, 0.2) is 0 Å². The summed E-state index contributed by atoms with van der Waals surface area (Å²) in [5, 5.41) is 11.0. The Labute approximate surface area is 171 Å². The van der Waals surface area contributed by atoms with Crippen molar-refractivity contribution in [3.8, 4) is 0 Å². The number of ketones is 1. The summed E-state index contributed by atoms with van der Waals surface area (Å²) >= 11 is 0. The van der Waals surface area contributed by atoms with Gasteiger partial charge in [-0.1, -0.05) is 49.7 Å². The second kappa shape index (κ2) is 9.01. The van der Waals surface area contributed by atoms with E-state index in [4.69, 9.17) is 0 Å². The summed E-state index contributed by atoms with van der Waals surface area (Å²) in [5.74, 6) is -1.39. The molecule has 1 atom stereocenters. The van der Waals surface area contributed by atoms with E-state index in [1.54, 1.807) is 35.5 Å². The van der Waals surface area contributed by atoms with Crippen LogP contribution < -0.4 is 0 Å². The lowest BCUT2D eigenvalue weighted by Gasteiger charge is -2.28. The third-order valence-electron chi connectivity index (χ3n) is 5.42. The van der Waals surface area contributed by atoms with Crippen LogP contribution in [-0.2, 0) is 9.59 Å². The fourth-order valence-electron chi connectivity index (χ4n) is 3.65. The highest BCUT2D eigenvalue weighted by Crippen LogP contribution is 2.38. The van der Waals surface area contributed by atoms with Crippen LogP contribution in [0, 0.1) is 6.92 Å². The summed E-state index contributed by atoms with van der Waals surface area (Å²) in [6.07, 6.45) is 3.29. The molecule has 2 aromatic rings. The first-order valence-electron chi connectivity index (χ1n) is 9.95. The lowest BCUT2D eigenvalue weighted by molar-refractivity contribution is -0.140. The van der Waals surface area contributed by atoms with E-state index in [2.05, 4.69) is 23.7 Å². The highest BCUT2D eigenvalue weighted by atomic mass is 16.3. The molecule has 0 bridgehead atoms. The SMILES string of the molecule is CCN(CC)CCN1C(=O)C(=O)/C(=C(/O)c2ccc(C)cc2)C1c1cccnc1. The van der Waals surface area contributed by atoms with Gasteiger partial charge < -0.3 is 14.9 Å². The number of likely N-dealkylation sites (N-methyl/N-ethyl adjacent to an activating group) is 1. The van der Waals surface area contributed by atoms with Crippen molar-refractivity contribution in [1.29, 1.82) is 0 Å². The normalized spacial score (nSPS) is 18.6. The van der Waals surface area contributed by atoms with Crippen LogP contribution in [0.5, 0.6) is 0 Å². The molecule has 152 valence electrons. The number of pyridine rings is 1. The van der Waals surface area contributed by atoms with Gasteiger partial charge >= 0.3 is 0 Å². The summed E-state index contributed by atoms with van der Waals surface area (Å²) in [6.45, 7) is 8.85. The number of hydrogen-bond acceptors (Lipinski definition) is 5. The Morgan fingerprint density at radius 3 is 2.41 bits per heavy atom. The van der Waals surface area contributed by atoms with Crippen LogP contribution in [0.25, 0.3) is 5.76 Å². The van der Waals surface area contributed by atoms with Crippen LogP contribution in [0.15, 0.2) is 54.4 Å². The molecule has 1 aliphatic heterocycles. The topological polar surface area (TPSA) is 73.7 Å². The molecule has 0 saturated carbocycles. The maximum absolute atomic E-state index is 12.9. The largest absolute Gasteiger partial charge is 0.507 e. The highest BCUT2D eigenvalue weighted by Gasteiger charge is 2.46. The zero-order valence-electron chi connectivity index (χ0n) is 17.1. The van der Waals surface area contributed by atoms with E-state index < -0.39 is 17.7 Å². The minimum Gasteiger partial charge on any atom is -0.507 e. The van der Waals surface area contributed by atoms with Crippen molar-refractivity contribution in [3.05, 3.63) is 71.1 Å². The molecule has 6 nitrogen and oxygen atoms in total. The summed E-state index contributed by atoms with van der Waals surface area (Å²) in [7, 11) is 0. The molecule has 1 unspecified atom stereocenters. The van der Waals surface area contributed by atoms with E-state index >= 15 is 0 Å². The first kappa shape index (κ1) is 20.7. The van der Waals surface area contributed by atoms with Crippen LogP contribution in [0.3, 0.4) is 0 Å². The molecule has 3 rings (SSSR count). The number of aliphatic hydroxyl groups is 1. The second-order valence-corrected chi connectivity index (χ2v) is 7.17. The highest BCUT2D eigenvalue weighted by molar-refractivity contribution is 6.46. The smallest absolute Gasteiger partial charge is 0.295 e. The van der Waals surface area contributed by atoms with Gasteiger partial charge in [0.2, 0.25) is 0 Å². The van der Waals surface area contributed by atoms with E-state index in [0.717, 1.165) is 18.7 Å². The van der Waals surface area contributed by atoms with Crippen molar-refractivity contribution in [2.45, 2.75) is 26.8 Å². The van der Waals surface area contributed by atoms with Crippen molar-refractivity contribution < 1.29 is 14.7 Å². The lowest BCUT2D eigenvalue weighted by atomic mass is 9.96. The summed E-state index contributed by atoms with van der Waals surface area (Å²) in [6, 6.07) is 10.2. The average molecular weight is 393 g/mol. The number of benzene rings is 1. The van der Waals surface area contributed by atoms with E-state index in [1.807, 2.05) is 25.1 Å². The molecule has 1 N–H and O–H groups in total. The quantitative estimate of drug-likeness (QED) is 0.444. The number of nitrogens with zero attached hydrogens (tertiary/aromatic N) is 3. The monoisotopic (exact) mass is 393 g/mol. The number of carbonyl (C=O) groups is 2. The third kappa shape index (κ3) is 4.22. The number of hydrogen-bond donors (Lipinski definition) is 1. The maximum Gasteiger partial charge on any atom is 0.295 e. The van der Waals surface area contributed by atoms with E-state index in [-0.39, 0.29) is 11.3 Å². The number of Topliss-reactive ketones (excluding diaryl/α,β-unsaturated/α-hetero) is 1. The van der Waals surface area contributed by atoms with Gasteiger partial charge in [-0.2, -0.15) is 0 Å². The van der Waals surface area contributed by atoms with Crippen molar-refractivity contribution in [2.75, 3.05) is 26.2 Å². The molecule has 1 fully saturated rings. The van der Waals surface area contributed by atoms with E-state index in [0.29, 0.717) is 24.2 Å². The van der Waals surface area contributed by atoms with Gasteiger partial charge in [0.1, 0.15) is 5.76 Å². The lowest BCUT2D eigenvalue weighted by Crippen LogP contribution is -2.38. The average Bonchev–Trinajstić information content (AvgIpc) is 3.00. The minimum absolute atomic E-state index is 0.117. The first-order chi connectivity index (χ1) is 14.0. The van der Waals surface area contributed by atoms with Crippen molar-refractivity contribution in [3.63, 3.8) is 0 Å². The first-order valence-corrected chi connectivity index (χ1v) is 9.95. The molecule has 0 aliphatic carbocycles. The van der Waals surface area contributed by atoms with Gasteiger partial charge in [-0.25, -0.2) is 0 Å². The predicted molar refractivity (Wildman–Crippen MR) is 112 cm³/mol. The number of likely N-dealkylation sites (tertiary alicyclic amines) is 1.